The average molecular weight is 248 g/mol. The second-order valence-electron chi connectivity index (χ2n) is 4.36. The van der Waals surface area contributed by atoms with Crippen molar-refractivity contribution in [1.29, 1.82) is 0 Å². The summed E-state index contributed by atoms with van der Waals surface area (Å²) in [5, 5.41) is 14.7. The van der Waals surface area contributed by atoms with Crippen LogP contribution in [-0.4, -0.2) is 24.4 Å². The van der Waals surface area contributed by atoms with Gasteiger partial charge in [0.2, 0.25) is 0 Å². The standard InChI is InChI=1S/C13H20N4O/c1-3-8-16-10-7-14-13(16)12(18)11-5-6-15-17(11)9-4-2/h5-7,10,12,18H,3-4,8-9H2,1-2H3. The van der Waals surface area contributed by atoms with E-state index in [2.05, 4.69) is 23.9 Å². The molecule has 2 aromatic heterocycles. The number of aliphatic hydroxyl groups is 1. The van der Waals surface area contributed by atoms with E-state index < -0.39 is 6.10 Å². The molecule has 2 aromatic rings. The molecule has 1 N–H and O–H groups in total. The highest BCUT2D eigenvalue weighted by atomic mass is 16.3. The number of hydrogen-bond acceptors (Lipinski definition) is 3. The third kappa shape index (κ3) is 2.46. The van der Waals surface area contributed by atoms with Crippen LogP contribution in [0, 0.1) is 0 Å². The number of aliphatic hydroxyl groups excluding tert-OH is 1. The summed E-state index contributed by atoms with van der Waals surface area (Å²) in [6.07, 6.45) is 6.66. The summed E-state index contributed by atoms with van der Waals surface area (Å²) in [6, 6.07) is 1.85. The second-order valence-corrected chi connectivity index (χ2v) is 4.36. The molecule has 2 rings (SSSR count). The van der Waals surface area contributed by atoms with Crippen LogP contribution in [0.1, 0.15) is 44.3 Å². The quantitative estimate of drug-likeness (QED) is 0.850. The van der Waals surface area contributed by atoms with E-state index in [1.165, 1.54) is 0 Å². The topological polar surface area (TPSA) is 55.9 Å². The van der Waals surface area contributed by atoms with Crippen molar-refractivity contribution in [1.82, 2.24) is 19.3 Å². The summed E-state index contributed by atoms with van der Waals surface area (Å²) in [5.74, 6) is 0.690. The SMILES string of the molecule is CCCn1ccnc1C(O)c1ccnn1CCC. The van der Waals surface area contributed by atoms with E-state index in [1.54, 1.807) is 12.4 Å². The third-order valence-corrected chi connectivity index (χ3v) is 2.92. The zero-order valence-electron chi connectivity index (χ0n) is 11.0. The van der Waals surface area contributed by atoms with Crippen molar-refractivity contribution in [2.24, 2.45) is 0 Å². The number of aryl methyl sites for hydroxylation is 2. The summed E-state index contributed by atoms with van der Waals surface area (Å²) < 4.78 is 3.84. The van der Waals surface area contributed by atoms with Crippen LogP contribution in [0.3, 0.4) is 0 Å². The predicted molar refractivity (Wildman–Crippen MR) is 69.1 cm³/mol. The Hall–Kier alpha value is -1.62. The molecular weight excluding hydrogens is 228 g/mol. The smallest absolute Gasteiger partial charge is 0.153 e. The normalized spacial score (nSPS) is 12.8. The van der Waals surface area contributed by atoms with Crippen molar-refractivity contribution in [3.8, 4) is 0 Å². The Balaban J connectivity index is 2.26. The van der Waals surface area contributed by atoms with Crippen LogP contribution in [0.2, 0.25) is 0 Å². The molecule has 5 nitrogen and oxygen atoms in total. The van der Waals surface area contributed by atoms with Crippen LogP contribution in [-0.2, 0) is 13.1 Å². The molecule has 0 saturated heterocycles. The summed E-state index contributed by atoms with van der Waals surface area (Å²) in [7, 11) is 0. The highest BCUT2D eigenvalue weighted by Crippen LogP contribution is 2.20. The van der Waals surface area contributed by atoms with Crippen LogP contribution in [0.4, 0.5) is 0 Å². The Bertz CT molecular complexity index is 444. The van der Waals surface area contributed by atoms with Gasteiger partial charge in [-0.05, 0) is 18.9 Å². The van der Waals surface area contributed by atoms with Crippen molar-refractivity contribution in [2.75, 3.05) is 0 Å². The maximum absolute atomic E-state index is 10.4. The van der Waals surface area contributed by atoms with Gasteiger partial charge in [-0.3, -0.25) is 4.68 Å². The molecule has 0 saturated carbocycles. The van der Waals surface area contributed by atoms with E-state index in [4.69, 9.17) is 0 Å². The molecule has 0 amide bonds. The first kappa shape index (κ1) is 12.8. The molecule has 0 aliphatic rings. The fourth-order valence-corrected chi connectivity index (χ4v) is 2.10. The lowest BCUT2D eigenvalue weighted by molar-refractivity contribution is 0.192. The molecule has 0 fully saturated rings. The predicted octanol–water partition coefficient (Wildman–Crippen LogP) is 1.98. The Morgan fingerprint density at radius 3 is 2.72 bits per heavy atom. The Morgan fingerprint density at radius 1 is 1.22 bits per heavy atom. The van der Waals surface area contributed by atoms with Crippen molar-refractivity contribution in [2.45, 2.75) is 45.9 Å². The molecule has 0 aliphatic heterocycles. The molecule has 0 radical (unpaired) electrons. The van der Waals surface area contributed by atoms with Crippen molar-refractivity contribution in [3.05, 3.63) is 36.2 Å². The largest absolute Gasteiger partial charge is 0.379 e. The minimum absolute atomic E-state index is 0.690. The maximum Gasteiger partial charge on any atom is 0.153 e. The molecule has 0 bridgehead atoms. The average Bonchev–Trinajstić information content (AvgIpc) is 2.98. The summed E-state index contributed by atoms with van der Waals surface area (Å²) in [4.78, 5) is 4.26. The first-order valence-corrected chi connectivity index (χ1v) is 6.48. The molecule has 18 heavy (non-hydrogen) atoms. The molecule has 1 unspecified atom stereocenters. The molecular formula is C13H20N4O. The van der Waals surface area contributed by atoms with Gasteiger partial charge in [-0.15, -0.1) is 0 Å². The van der Waals surface area contributed by atoms with Crippen LogP contribution < -0.4 is 0 Å². The lowest BCUT2D eigenvalue weighted by atomic mass is 10.2. The molecule has 98 valence electrons. The van der Waals surface area contributed by atoms with Crippen molar-refractivity contribution >= 4 is 0 Å². The number of rotatable bonds is 6. The third-order valence-electron chi connectivity index (χ3n) is 2.92. The van der Waals surface area contributed by atoms with Gasteiger partial charge in [0.1, 0.15) is 5.82 Å². The fourth-order valence-electron chi connectivity index (χ4n) is 2.10. The number of imidazole rings is 1. The van der Waals surface area contributed by atoms with Gasteiger partial charge < -0.3 is 9.67 Å². The van der Waals surface area contributed by atoms with Crippen LogP contribution in [0.5, 0.6) is 0 Å². The Labute approximate surface area is 107 Å². The Morgan fingerprint density at radius 2 is 2.00 bits per heavy atom. The van der Waals surface area contributed by atoms with E-state index in [0.717, 1.165) is 31.6 Å². The number of aromatic nitrogens is 4. The lowest BCUT2D eigenvalue weighted by Crippen LogP contribution is -2.14. The number of nitrogens with zero attached hydrogens (tertiary/aromatic N) is 4. The highest BCUT2D eigenvalue weighted by molar-refractivity contribution is 5.14. The van der Waals surface area contributed by atoms with E-state index in [-0.39, 0.29) is 0 Å². The molecule has 5 heteroatoms. The molecule has 0 aromatic carbocycles. The summed E-state index contributed by atoms with van der Waals surface area (Å²) in [5.41, 5.74) is 0.806. The van der Waals surface area contributed by atoms with Gasteiger partial charge in [0.15, 0.2) is 6.10 Å². The van der Waals surface area contributed by atoms with E-state index in [1.807, 2.05) is 21.5 Å². The van der Waals surface area contributed by atoms with Gasteiger partial charge >= 0.3 is 0 Å². The zero-order valence-corrected chi connectivity index (χ0v) is 11.0. The van der Waals surface area contributed by atoms with Gasteiger partial charge in [-0.25, -0.2) is 4.98 Å². The minimum atomic E-state index is -0.708. The van der Waals surface area contributed by atoms with Gasteiger partial charge in [0.05, 0.1) is 5.69 Å². The zero-order chi connectivity index (χ0) is 13.0. The van der Waals surface area contributed by atoms with Crippen molar-refractivity contribution in [3.63, 3.8) is 0 Å². The van der Waals surface area contributed by atoms with E-state index in [0.29, 0.717) is 5.82 Å². The first-order chi connectivity index (χ1) is 8.77. The lowest BCUT2D eigenvalue weighted by Gasteiger charge is -2.14. The fraction of sp³-hybridized carbons (Fsp3) is 0.538. The summed E-state index contributed by atoms with van der Waals surface area (Å²) >= 11 is 0. The van der Waals surface area contributed by atoms with Gasteiger partial charge in [0, 0.05) is 31.7 Å². The maximum atomic E-state index is 10.4. The summed E-state index contributed by atoms with van der Waals surface area (Å²) in [6.45, 7) is 5.88. The second kappa shape index (κ2) is 5.82. The molecule has 2 heterocycles. The molecule has 0 spiro atoms. The van der Waals surface area contributed by atoms with E-state index in [9.17, 15) is 5.11 Å². The highest BCUT2D eigenvalue weighted by Gasteiger charge is 2.19. The molecule has 0 aliphatic carbocycles. The van der Waals surface area contributed by atoms with Gasteiger partial charge in [-0.1, -0.05) is 13.8 Å². The van der Waals surface area contributed by atoms with Crippen LogP contribution in [0.15, 0.2) is 24.7 Å². The van der Waals surface area contributed by atoms with Crippen LogP contribution in [0.25, 0.3) is 0 Å². The van der Waals surface area contributed by atoms with Crippen LogP contribution >= 0.6 is 0 Å². The van der Waals surface area contributed by atoms with Gasteiger partial charge in [0.25, 0.3) is 0 Å². The van der Waals surface area contributed by atoms with Crippen molar-refractivity contribution < 1.29 is 5.11 Å². The number of hydrogen-bond donors (Lipinski definition) is 1. The van der Waals surface area contributed by atoms with E-state index >= 15 is 0 Å². The first-order valence-electron chi connectivity index (χ1n) is 6.48. The molecule has 1 atom stereocenters. The minimum Gasteiger partial charge on any atom is -0.379 e. The Kier molecular flexibility index (Phi) is 4.15. The monoisotopic (exact) mass is 248 g/mol. The van der Waals surface area contributed by atoms with Gasteiger partial charge in [-0.2, -0.15) is 5.10 Å².